The van der Waals surface area contributed by atoms with Gasteiger partial charge in [-0.15, -0.1) is 0 Å². The Balaban J connectivity index is 1.58. The lowest BCUT2D eigenvalue weighted by atomic mass is 10.2. The second-order valence-corrected chi connectivity index (χ2v) is 6.18. The number of nitrogens with zero attached hydrogens (tertiary/aromatic N) is 4. The topological polar surface area (TPSA) is 53.9 Å². The number of hydrogen-bond acceptors (Lipinski definition) is 6. The van der Waals surface area contributed by atoms with E-state index in [0.29, 0.717) is 0 Å². The summed E-state index contributed by atoms with van der Waals surface area (Å²) < 4.78 is 4.16. The SMILES string of the molecule is Cc1nsc(NCc2ccc(N3CCCCCC3)nc2)n1. The summed E-state index contributed by atoms with van der Waals surface area (Å²) in [4.78, 5) is 11.3. The van der Waals surface area contributed by atoms with Crippen LogP contribution in [-0.4, -0.2) is 27.4 Å². The fourth-order valence-electron chi connectivity index (χ4n) is 2.55. The molecular formula is C15H21N5S. The third-order valence-corrected chi connectivity index (χ3v) is 4.47. The Hall–Kier alpha value is -1.69. The maximum Gasteiger partial charge on any atom is 0.202 e. The average molecular weight is 303 g/mol. The molecule has 5 nitrogen and oxygen atoms in total. The van der Waals surface area contributed by atoms with E-state index >= 15 is 0 Å². The van der Waals surface area contributed by atoms with Crippen LogP contribution in [0.5, 0.6) is 0 Å². The van der Waals surface area contributed by atoms with Crippen LogP contribution in [-0.2, 0) is 6.54 Å². The summed E-state index contributed by atoms with van der Waals surface area (Å²) in [6.45, 7) is 4.91. The Labute approximate surface area is 129 Å². The molecule has 3 heterocycles. The van der Waals surface area contributed by atoms with Crippen LogP contribution in [0.1, 0.15) is 37.1 Å². The molecule has 0 aliphatic carbocycles. The predicted octanol–water partition coefficient (Wildman–Crippen LogP) is 3.23. The highest BCUT2D eigenvalue weighted by atomic mass is 32.1. The van der Waals surface area contributed by atoms with Gasteiger partial charge in [0.2, 0.25) is 5.13 Å². The first kappa shape index (κ1) is 14.3. The standard InChI is InChI=1S/C15H21N5S/c1-12-18-15(21-19-12)17-11-13-6-7-14(16-10-13)20-8-4-2-3-5-9-20/h6-7,10H,2-5,8-9,11H2,1H3,(H,17,18,19). The average Bonchev–Trinajstić information content (AvgIpc) is 2.76. The monoisotopic (exact) mass is 303 g/mol. The summed E-state index contributed by atoms with van der Waals surface area (Å²) in [5, 5.41) is 4.15. The van der Waals surface area contributed by atoms with Gasteiger partial charge in [-0.2, -0.15) is 4.37 Å². The van der Waals surface area contributed by atoms with Crippen LogP contribution >= 0.6 is 11.5 Å². The van der Waals surface area contributed by atoms with Gasteiger partial charge >= 0.3 is 0 Å². The van der Waals surface area contributed by atoms with Crippen molar-refractivity contribution in [3.8, 4) is 0 Å². The minimum atomic E-state index is 0.738. The van der Waals surface area contributed by atoms with Crippen molar-refractivity contribution in [2.24, 2.45) is 0 Å². The van der Waals surface area contributed by atoms with Gasteiger partial charge in [0.1, 0.15) is 11.6 Å². The molecule has 21 heavy (non-hydrogen) atoms. The summed E-state index contributed by atoms with van der Waals surface area (Å²) in [5.41, 5.74) is 1.17. The van der Waals surface area contributed by atoms with Crippen LogP contribution in [0.15, 0.2) is 18.3 Å². The van der Waals surface area contributed by atoms with Gasteiger partial charge in [0.25, 0.3) is 0 Å². The molecule has 2 aromatic rings. The minimum absolute atomic E-state index is 0.738. The van der Waals surface area contributed by atoms with Gasteiger partial charge in [-0.1, -0.05) is 18.9 Å². The Morgan fingerprint density at radius 3 is 2.62 bits per heavy atom. The van der Waals surface area contributed by atoms with Gasteiger partial charge in [0.15, 0.2) is 0 Å². The zero-order valence-corrected chi connectivity index (χ0v) is 13.2. The molecule has 1 fully saturated rings. The van der Waals surface area contributed by atoms with E-state index in [9.17, 15) is 0 Å². The van der Waals surface area contributed by atoms with Crippen molar-refractivity contribution in [1.29, 1.82) is 0 Å². The molecule has 0 radical (unpaired) electrons. The van der Waals surface area contributed by atoms with Crippen molar-refractivity contribution >= 4 is 22.5 Å². The maximum absolute atomic E-state index is 4.61. The quantitative estimate of drug-likeness (QED) is 0.939. The Morgan fingerprint density at radius 1 is 1.19 bits per heavy atom. The Kier molecular flexibility index (Phi) is 4.65. The number of aryl methyl sites for hydroxylation is 1. The normalized spacial score (nSPS) is 15.8. The van der Waals surface area contributed by atoms with Crippen LogP contribution in [0.4, 0.5) is 10.9 Å². The molecule has 0 spiro atoms. The lowest BCUT2D eigenvalue weighted by Crippen LogP contribution is -2.24. The molecule has 0 unspecified atom stereocenters. The highest BCUT2D eigenvalue weighted by Crippen LogP contribution is 2.18. The molecule has 2 aromatic heterocycles. The Morgan fingerprint density at radius 2 is 2.00 bits per heavy atom. The van der Waals surface area contributed by atoms with E-state index in [0.717, 1.165) is 36.4 Å². The van der Waals surface area contributed by atoms with Gasteiger partial charge < -0.3 is 10.2 Å². The molecule has 1 aliphatic rings. The van der Waals surface area contributed by atoms with E-state index < -0.39 is 0 Å². The van der Waals surface area contributed by atoms with Crippen LogP contribution in [0.3, 0.4) is 0 Å². The molecule has 0 bridgehead atoms. The first-order valence-corrected chi connectivity index (χ1v) is 8.33. The molecule has 112 valence electrons. The third-order valence-electron chi connectivity index (χ3n) is 3.71. The second kappa shape index (κ2) is 6.85. The van der Waals surface area contributed by atoms with E-state index in [4.69, 9.17) is 0 Å². The largest absolute Gasteiger partial charge is 0.357 e. The van der Waals surface area contributed by atoms with Gasteiger partial charge in [-0.05, 0) is 31.4 Å². The molecule has 0 saturated carbocycles. The molecule has 3 rings (SSSR count). The zero-order chi connectivity index (χ0) is 14.5. The number of hydrogen-bond donors (Lipinski definition) is 1. The molecule has 0 amide bonds. The fourth-order valence-corrected chi connectivity index (χ4v) is 3.12. The van der Waals surface area contributed by atoms with Crippen molar-refractivity contribution in [3.63, 3.8) is 0 Å². The van der Waals surface area contributed by atoms with Gasteiger partial charge in [0, 0.05) is 37.4 Å². The highest BCUT2D eigenvalue weighted by molar-refractivity contribution is 7.09. The molecule has 1 aliphatic heterocycles. The van der Waals surface area contributed by atoms with Crippen LogP contribution in [0.2, 0.25) is 0 Å². The van der Waals surface area contributed by atoms with Crippen molar-refractivity contribution in [2.75, 3.05) is 23.3 Å². The molecule has 1 N–H and O–H groups in total. The lowest BCUT2D eigenvalue weighted by Gasteiger charge is -2.21. The third kappa shape index (κ3) is 3.91. The summed E-state index contributed by atoms with van der Waals surface area (Å²) in [7, 11) is 0. The summed E-state index contributed by atoms with van der Waals surface area (Å²) in [6.07, 6.45) is 7.21. The van der Waals surface area contributed by atoms with Crippen molar-refractivity contribution in [2.45, 2.75) is 39.2 Å². The van der Waals surface area contributed by atoms with Crippen molar-refractivity contribution in [3.05, 3.63) is 29.7 Å². The number of rotatable bonds is 4. The molecular weight excluding hydrogens is 282 g/mol. The lowest BCUT2D eigenvalue weighted by molar-refractivity contribution is 0.726. The van der Waals surface area contributed by atoms with E-state index in [1.807, 2.05) is 13.1 Å². The van der Waals surface area contributed by atoms with E-state index in [1.54, 1.807) is 0 Å². The summed E-state index contributed by atoms with van der Waals surface area (Å²) >= 11 is 1.40. The Bertz CT molecular complexity index is 558. The molecule has 1 saturated heterocycles. The van der Waals surface area contributed by atoms with E-state index in [1.165, 1.54) is 42.8 Å². The highest BCUT2D eigenvalue weighted by Gasteiger charge is 2.10. The first-order valence-electron chi connectivity index (χ1n) is 7.55. The number of nitrogens with one attached hydrogen (secondary N) is 1. The van der Waals surface area contributed by atoms with Crippen LogP contribution < -0.4 is 10.2 Å². The first-order chi connectivity index (χ1) is 10.3. The molecule has 0 aromatic carbocycles. The van der Waals surface area contributed by atoms with E-state index in [2.05, 4.69) is 36.7 Å². The fraction of sp³-hybridized carbons (Fsp3) is 0.533. The summed E-state index contributed by atoms with van der Waals surface area (Å²) in [5.74, 6) is 1.92. The van der Waals surface area contributed by atoms with Crippen LogP contribution in [0, 0.1) is 6.92 Å². The smallest absolute Gasteiger partial charge is 0.202 e. The second-order valence-electron chi connectivity index (χ2n) is 5.43. The van der Waals surface area contributed by atoms with Crippen molar-refractivity contribution in [1.82, 2.24) is 14.3 Å². The van der Waals surface area contributed by atoms with Crippen molar-refractivity contribution < 1.29 is 0 Å². The summed E-state index contributed by atoms with van der Waals surface area (Å²) in [6, 6.07) is 4.28. The van der Waals surface area contributed by atoms with Gasteiger partial charge in [-0.3, -0.25) is 0 Å². The minimum Gasteiger partial charge on any atom is -0.357 e. The van der Waals surface area contributed by atoms with Gasteiger partial charge in [0.05, 0.1) is 0 Å². The maximum atomic E-state index is 4.61. The predicted molar refractivity (Wildman–Crippen MR) is 86.9 cm³/mol. The van der Waals surface area contributed by atoms with E-state index in [-0.39, 0.29) is 0 Å². The number of pyridine rings is 1. The van der Waals surface area contributed by atoms with Gasteiger partial charge in [-0.25, -0.2) is 9.97 Å². The number of anilines is 2. The zero-order valence-electron chi connectivity index (χ0n) is 12.4. The molecule has 6 heteroatoms. The molecule has 0 atom stereocenters. The van der Waals surface area contributed by atoms with Crippen LogP contribution in [0.25, 0.3) is 0 Å². The number of aromatic nitrogens is 3.